The van der Waals surface area contributed by atoms with E-state index in [0.29, 0.717) is 17.9 Å². The molecule has 0 spiro atoms. The molecule has 0 fully saturated rings. The molecule has 0 aliphatic rings. The second-order valence-corrected chi connectivity index (χ2v) is 5.40. The van der Waals surface area contributed by atoms with Crippen LogP contribution in [-0.2, 0) is 11.2 Å². The Labute approximate surface area is 138 Å². The molecule has 0 saturated carbocycles. The summed E-state index contributed by atoms with van der Waals surface area (Å²) in [6.07, 6.45) is 0.544. The van der Waals surface area contributed by atoms with E-state index in [2.05, 4.69) is 5.16 Å². The van der Waals surface area contributed by atoms with Crippen LogP contribution in [0.3, 0.4) is 0 Å². The normalized spacial score (nSPS) is 10.7. The highest BCUT2D eigenvalue weighted by Gasteiger charge is 2.19. The number of carbonyl (C=O) groups is 1. The molecule has 6 heteroatoms. The van der Waals surface area contributed by atoms with E-state index < -0.39 is 5.91 Å². The van der Waals surface area contributed by atoms with E-state index in [0.717, 1.165) is 16.7 Å². The van der Waals surface area contributed by atoms with Crippen molar-refractivity contribution in [1.82, 2.24) is 5.16 Å². The lowest BCUT2D eigenvalue weighted by molar-refractivity contribution is -0.117. The van der Waals surface area contributed by atoms with Crippen LogP contribution in [0.15, 0.2) is 53.1 Å². The third-order valence-corrected chi connectivity index (χ3v) is 3.68. The lowest BCUT2D eigenvalue weighted by atomic mass is 9.98. The highest BCUT2D eigenvalue weighted by Crippen LogP contribution is 2.34. The Hall–Kier alpha value is -3.28. The van der Waals surface area contributed by atoms with Crippen LogP contribution in [0.25, 0.3) is 22.6 Å². The van der Waals surface area contributed by atoms with Crippen molar-refractivity contribution in [3.05, 3.63) is 54.1 Å². The number of nitrogens with two attached hydrogens (primary N) is 1. The van der Waals surface area contributed by atoms with Crippen LogP contribution in [0.1, 0.15) is 12.0 Å². The van der Waals surface area contributed by atoms with Gasteiger partial charge in [-0.05, 0) is 55.0 Å². The Morgan fingerprint density at radius 2 is 1.50 bits per heavy atom. The number of rotatable bonds is 5. The third kappa shape index (κ3) is 3.22. The van der Waals surface area contributed by atoms with Gasteiger partial charge in [0.25, 0.3) is 0 Å². The predicted molar refractivity (Wildman–Crippen MR) is 88.2 cm³/mol. The van der Waals surface area contributed by atoms with E-state index in [4.69, 9.17) is 10.3 Å². The summed E-state index contributed by atoms with van der Waals surface area (Å²) in [5, 5.41) is 23.0. The molecule has 0 saturated heterocycles. The minimum Gasteiger partial charge on any atom is -0.508 e. The van der Waals surface area contributed by atoms with Crippen LogP contribution >= 0.6 is 0 Å². The Morgan fingerprint density at radius 1 is 0.958 bits per heavy atom. The third-order valence-electron chi connectivity index (χ3n) is 3.68. The largest absolute Gasteiger partial charge is 0.508 e. The van der Waals surface area contributed by atoms with E-state index in [-0.39, 0.29) is 17.9 Å². The molecule has 122 valence electrons. The number of aromatic nitrogens is 1. The molecular weight excluding hydrogens is 308 g/mol. The number of hydrogen-bond acceptors (Lipinski definition) is 5. The van der Waals surface area contributed by atoms with E-state index in [1.807, 2.05) is 0 Å². The summed E-state index contributed by atoms with van der Waals surface area (Å²) in [5.41, 5.74) is 8.13. The van der Waals surface area contributed by atoms with Gasteiger partial charge in [0.15, 0.2) is 5.76 Å². The molecule has 0 atom stereocenters. The SMILES string of the molecule is NC(=O)CCc1c(-c2ccc(O)cc2)noc1-c1ccc(O)cc1. The van der Waals surface area contributed by atoms with Gasteiger partial charge >= 0.3 is 0 Å². The summed E-state index contributed by atoms with van der Waals surface area (Å²) in [6.45, 7) is 0. The smallest absolute Gasteiger partial charge is 0.217 e. The Balaban J connectivity index is 2.07. The van der Waals surface area contributed by atoms with Crippen molar-refractivity contribution >= 4 is 5.91 Å². The van der Waals surface area contributed by atoms with Gasteiger partial charge in [-0.1, -0.05) is 5.16 Å². The number of aromatic hydroxyl groups is 2. The number of hydrogen-bond donors (Lipinski definition) is 3. The fourth-order valence-corrected chi connectivity index (χ4v) is 2.48. The fraction of sp³-hybridized carbons (Fsp3) is 0.111. The Morgan fingerprint density at radius 3 is 2.04 bits per heavy atom. The first-order valence-electron chi connectivity index (χ1n) is 7.40. The monoisotopic (exact) mass is 324 g/mol. The van der Waals surface area contributed by atoms with E-state index in [1.165, 1.54) is 0 Å². The first-order valence-corrected chi connectivity index (χ1v) is 7.40. The van der Waals surface area contributed by atoms with Crippen LogP contribution in [0, 0.1) is 0 Å². The van der Waals surface area contributed by atoms with Crippen LogP contribution in [-0.4, -0.2) is 21.3 Å². The summed E-state index contributed by atoms with van der Waals surface area (Å²) < 4.78 is 5.49. The van der Waals surface area contributed by atoms with Crippen molar-refractivity contribution in [3.8, 4) is 34.1 Å². The van der Waals surface area contributed by atoms with Crippen molar-refractivity contribution in [1.29, 1.82) is 0 Å². The van der Waals surface area contributed by atoms with Gasteiger partial charge < -0.3 is 20.5 Å². The first kappa shape index (κ1) is 15.6. The van der Waals surface area contributed by atoms with Crippen LogP contribution in [0.4, 0.5) is 0 Å². The Bertz CT molecular complexity index is 789. The number of nitrogens with zero attached hydrogens (tertiary/aromatic N) is 1. The first-order chi connectivity index (χ1) is 11.5. The molecule has 0 radical (unpaired) electrons. The van der Waals surface area contributed by atoms with Gasteiger partial charge in [0.05, 0.1) is 0 Å². The van der Waals surface area contributed by atoms with Gasteiger partial charge in [0, 0.05) is 23.1 Å². The van der Waals surface area contributed by atoms with Crippen molar-refractivity contribution < 1.29 is 19.5 Å². The molecule has 3 rings (SSSR count). The summed E-state index contributed by atoms with van der Waals surface area (Å²) in [5.74, 6) is 0.416. The van der Waals surface area contributed by atoms with Crippen LogP contribution in [0.2, 0.25) is 0 Å². The zero-order valence-electron chi connectivity index (χ0n) is 12.8. The van der Waals surface area contributed by atoms with Crippen molar-refractivity contribution in [2.24, 2.45) is 5.73 Å². The van der Waals surface area contributed by atoms with E-state index >= 15 is 0 Å². The highest BCUT2D eigenvalue weighted by molar-refractivity contribution is 5.77. The predicted octanol–water partition coefficient (Wildman–Crippen LogP) is 2.84. The molecule has 3 aromatic rings. The second-order valence-electron chi connectivity index (χ2n) is 5.40. The van der Waals surface area contributed by atoms with Gasteiger partial charge in [0.1, 0.15) is 17.2 Å². The van der Waals surface area contributed by atoms with E-state index in [1.54, 1.807) is 48.5 Å². The molecule has 0 aliphatic carbocycles. The molecule has 6 nitrogen and oxygen atoms in total. The highest BCUT2D eigenvalue weighted by atomic mass is 16.5. The molecule has 0 bridgehead atoms. The van der Waals surface area contributed by atoms with E-state index in [9.17, 15) is 15.0 Å². The topological polar surface area (TPSA) is 110 Å². The molecule has 24 heavy (non-hydrogen) atoms. The number of phenolic OH excluding ortho intramolecular Hbond substituents is 2. The summed E-state index contributed by atoms with van der Waals surface area (Å²) in [4.78, 5) is 11.2. The summed E-state index contributed by atoms with van der Waals surface area (Å²) in [6, 6.07) is 13.1. The molecule has 0 unspecified atom stereocenters. The molecular formula is C18H16N2O4. The van der Waals surface area contributed by atoms with Crippen molar-refractivity contribution in [2.75, 3.05) is 0 Å². The number of amides is 1. The van der Waals surface area contributed by atoms with Crippen LogP contribution < -0.4 is 5.73 Å². The zero-order chi connectivity index (χ0) is 17.1. The zero-order valence-corrected chi connectivity index (χ0v) is 12.8. The lowest BCUT2D eigenvalue weighted by Gasteiger charge is -2.04. The minimum absolute atomic E-state index is 0.149. The molecule has 1 amide bonds. The summed E-state index contributed by atoms with van der Waals surface area (Å²) in [7, 11) is 0. The lowest BCUT2D eigenvalue weighted by Crippen LogP contribution is -2.11. The average Bonchev–Trinajstić information content (AvgIpc) is 2.98. The minimum atomic E-state index is -0.412. The fourth-order valence-electron chi connectivity index (χ4n) is 2.48. The molecule has 1 aromatic heterocycles. The van der Waals surface area contributed by atoms with Gasteiger partial charge in [0.2, 0.25) is 5.91 Å². The number of benzene rings is 2. The summed E-state index contributed by atoms with van der Waals surface area (Å²) >= 11 is 0. The van der Waals surface area contributed by atoms with Crippen molar-refractivity contribution in [3.63, 3.8) is 0 Å². The number of phenols is 2. The maximum Gasteiger partial charge on any atom is 0.217 e. The standard InChI is InChI=1S/C18H16N2O4/c19-16(23)10-9-15-17(11-1-5-13(21)6-2-11)20-24-18(15)12-3-7-14(22)8-4-12/h1-8,21-22H,9-10H2,(H2,19,23). The molecule has 2 aromatic carbocycles. The maximum absolute atomic E-state index is 11.2. The molecule has 0 aliphatic heterocycles. The second kappa shape index (κ2) is 6.45. The Kier molecular flexibility index (Phi) is 4.20. The number of primary amides is 1. The van der Waals surface area contributed by atoms with Gasteiger partial charge in [-0.3, -0.25) is 4.79 Å². The van der Waals surface area contributed by atoms with Crippen molar-refractivity contribution in [2.45, 2.75) is 12.8 Å². The van der Waals surface area contributed by atoms with Gasteiger partial charge in [-0.2, -0.15) is 0 Å². The van der Waals surface area contributed by atoms with Gasteiger partial charge in [-0.25, -0.2) is 0 Å². The van der Waals surface area contributed by atoms with Gasteiger partial charge in [-0.15, -0.1) is 0 Å². The maximum atomic E-state index is 11.2. The number of carbonyl (C=O) groups excluding carboxylic acids is 1. The molecule has 4 N–H and O–H groups in total. The average molecular weight is 324 g/mol. The van der Waals surface area contributed by atoms with Crippen LogP contribution in [0.5, 0.6) is 11.5 Å². The quantitative estimate of drug-likeness (QED) is 0.668. The molecule has 1 heterocycles.